The zero-order valence-electron chi connectivity index (χ0n) is 16.6. The van der Waals surface area contributed by atoms with Gasteiger partial charge in [-0.25, -0.2) is 9.59 Å². The van der Waals surface area contributed by atoms with Gasteiger partial charge in [-0.3, -0.25) is 9.69 Å². The van der Waals surface area contributed by atoms with Gasteiger partial charge in [-0.05, 0) is 31.5 Å². The summed E-state index contributed by atoms with van der Waals surface area (Å²) < 4.78 is 15.4. The van der Waals surface area contributed by atoms with Crippen molar-refractivity contribution in [2.24, 2.45) is 5.73 Å². The fourth-order valence-electron chi connectivity index (χ4n) is 3.38. The van der Waals surface area contributed by atoms with Crippen molar-refractivity contribution in [2.75, 3.05) is 20.8 Å². The van der Waals surface area contributed by atoms with Gasteiger partial charge < -0.3 is 19.9 Å². The molecule has 2 aliphatic rings. The molecule has 3 rings (SSSR count). The van der Waals surface area contributed by atoms with E-state index in [0.29, 0.717) is 16.3 Å². The van der Waals surface area contributed by atoms with Crippen LogP contribution in [-0.4, -0.2) is 48.8 Å². The molecule has 0 unspecified atom stereocenters. The second kappa shape index (κ2) is 8.20. The topological polar surface area (TPSA) is 108 Å². The molecule has 2 atom stereocenters. The molecule has 0 aromatic heterocycles. The number of carbonyl (C=O) groups excluding carboxylic acids is 3. The number of hydrogen-bond acceptors (Lipinski definition) is 8. The first-order chi connectivity index (χ1) is 13.8. The Morgan fingerprint density at radius 3 is 2.34 bits per heavy atom. The maximum Gasteiger partial charge on any atom is 0.338 e. The molecule has 2 aliphatic heterocycles. The van der Waals surface area contributed by atoms with Crippen molar-refractivity contribution in [3.63, 3.8) is 0 Å². The number of methoxy groups -OCH3 is 2. The van der Waals surface area contributed by atoms with Crippen LogP contribution in [-0.2, 0) is 23.9 Å². The molecule has 2 heterocycles. The van der Waals surface area contributed by atoms with Gasteiger partial charge in [-0.15, -0.1) is 0 Å². The van der Waals surface area contributed by atoms with Crippen LogP contribution in [0.5, 0.6) is 5.75 Å². The van der Waals surface area contributed by atoms with E-state index in [1.165, 1.54) is 23.8 Å². The Labute approximate surface area is 172 Å². The lowest BCUT2D eigenvalue weighted by Crippen LogP contribution is -2.40. The van der Waals surface area contributed by atoms with Crippen LogP contribution in [0.25, 0.3) is 0 Å². The van der Waals surface area contributed by atoms with E-state index in [1.54, 1.807) is 45.2 Å². The Hall–Kier alpha value is -2.94. The third-order valence-corrected chi connectivity index (χ3v) is 5.91. The van der Waals surface area contributed by atoms with Crippen LogP contribution in [0.4, 0.5) is 0 Å². The van der Waals surface area contributed by atoms with Gasteiger partial charge in [-0.1, -0.05) is 23.9 Å². The molecule has 0 saturated carbocycles. The molecule has 0 spiro atoms. The van der Waals surface area contributed by atoms with Crippen molar-refractivity contribution in [3.05, 3.63) is 51.8 Å². The summed E-state index contributed by atoms with van der Waals surface area (Å²) in [5.74, 6) is -1.91. The van der Waals surface area contributed by atoms with Gasteiger partial charge in [0.25, 0.3) is 0 Å². The van der Waals surface area contributed by atoms with Gasteiger partial charge in [0.05, 0.1) is 48.2 Å². The summed E-state index contributed by atoms with van der Waals surface area (Å²) >= 11 is 1.22. The van der Waals surface area contributed by atoms with Gasteiger partial charge >= 0.3 is 11.9 Å². The predicted octanol–water partition coefficient (Wildman–Crippen LogP) is 1.87. The molecular weight excluding hydrogens is 396 g/mol. The van der Waals surface area contributed by atoms with E-state index in [0.717, 1.165) is 0 Å². The molecule has 2 N–H and O–H groups in total. The van der Waals surface area contributed by atoms with Crippen molar-refractivity contribution < 1.29 is 28.6 Å². The largest absolute Gasteiger partial charge is 0.497 e. The van der Waals surface area contributed by atoms with Crippen molar-refractivity contribution in [1.82, 2.24) is 4.90 Å². The molecule has 154 valence electrons. The van der Waals surface area contributed by atoms with Crippen molar-refractivity contribution in [2.45, 2.75) is 25.0 Å². The van der Waals surface area contributed by atoms with E-state index in [-0.39, 0.29) is 29.5 Å². The summed E-state index contributed by atoms with van der Waals surface area (Å²) in [6, 6.07) is 6.91. The van der Waals surface area contributed by atoms with Crippen LogP contribution in [0.2, 0.25) is 0 Å². The number of benzene rings is 1. The highest BCUT2D eigenvalue weighted by atomic mass is 32.2. The van der Waals surface area contributed by atoms with Gasteiger partial charge in [0.2, 0.25) is 5.91 Å². The maximum absolute atomic E-state index is 13.0. The first-order valence-corrected chi connectivity index (χ1v) is 9.87. The summed E-state index contributed by atoms with van der Waals surface area (Å²) in [5.41, 5.74) is 7.11. The molecule has 1 amide bonds. The quantitative estimate of drug-likeness (QED) is 0.722. The highest BCUT2D eigenvalue weighted by Crippen LogP contribution is 2.49. The number of rotatable bonds is 5. The number of nitrogens with zero attached hydrogens (tertiary/aromatic N) is 1. The zero-order valence-corrected chi connectivity index (χ0v) is 17.4. The van der Waals surface area contributed by atoms with Crippen LogP contribution in [0.1, 0.15) is 25.3 Å². The number of ether oxygens (including phenoxy) is 3. The molecule has 1 saturated heterocycles. The van der Waals surface area contributed by atoms with Gasteiger partial charge in [-0.2, -0.15) is 0 Å². The molecule has 9 heteroatoms. The van der Waals surface area contributed by atoms with Gasteiger partial charge in [0, 0.05) is 0 Å². The molecule has 1 aromatic carbocycles. The Morgan fingerprint density at radius 1 is 1.14 bits per heavy atom. The van der Waals surface area contributed by atoms with Gasteiger partial charge in [0.15, 0.2) is 0 Å². The normalized spacial score (nSPS) is 21.2. The second-order valence-corrected chi connectivity index (χ2v) is 7.70. The lowest BCUT2D eigenvalue weighted by molar-refractivity contribution is -0.139. The highest BCUT2D eigenvalue weighted by molar-refractivity contribution is 8.04. The standard InChI is InChI=1S/C20H22N2O6S/c1-5-28-20(25)15-13(11-6-8-12(26-3)9-7-11)14(19(24)27-4)16(21)22-17(23)10(2)29-18(15)22/h6-10,13H,5,21H2,1-4H3/t10-,13+/m0/s1. The SMILES string of the molecule is CCOC(=O)C1=C2S[C@@H](C)C(=O)N2C(N)=C(C(=O)OC)[C@H]1c1ccc(OC)cc1. The first kappa shape index (κ1) is 20.8. The fourth-order valence-corrected chi connectivity index (χ4v) is 4.54. The Bertz CT molecular complexity index is 921. The first-order valence-electron chi connectivity index (χ1n) is 8.99. The Morgan fingerprint density at radius 2 is 1.79 bits per heavy atom. The lowest BCUT2D eigenvalue weighted by Gasteiger charge is -2.33. The average Bonchev–Trinajstić information content (AvgIpc) is 3.02. The number of carbonyl (C=O) groups is 3. The minimum Gasteiger partial charge on any atom is -0.497 e. The second-order valence-electron chi connectivity index (χ2n) is 6.37. The molecule has 1 fully saturated rings. The number of hydrogen-bond donors (Lipinski definition) is 1. The molecule has 8 nitrogen and oxygen atoms in total. The van der Waals surface area contributed by atoms with Crippen LogP contribution >= 0.6 is 11.8 Å². The van der Waals surface area contributed by atoms with Crippen LogP contribution in [0.3, 0.4) is 0 Å². The Kier molecular flexibility index (Phi) is 5.88. The van der Waals surface area contributed by atoms with Crippen LogP contribution in [0.15, 0.2) is 46.3 Å². The summed E-state index contributed by atoms with van der Waals surface area (Å²) in [6.45, 7) is 3.55. The number of thioether (sulfide) groups is 1. The number of fused-ring (bicyclic) bond motifs is 1. The smallest absolute Gasteiger partial charge is 0.338 e. The lowest BCUT2D eigenvalue weighted by atomic mass is 9.82. The fraction of sp³-hybridized carbons (Fsp3) is 0.350. The number of amides is 1. The minimum absolute atomic E-state index is 0.0209. The van der Waals surface area contributed by atoms with E-state index in [2.05, 4.69) is 0 Å². The van der Waals surface area contributed by atoms with E-state index >= 15 is 0 Å². The highest BCUT2D eigenvalue weighted by Gasteiger charge is 2.48. The number of nitrogens with two attached hydrogens (primary N) is 1. The third kappa shape index (κ3) is 3.46. The van der Waals surface area contributed by atoms with E-state index in [4.69, 9.17) is 19.9 Å². The minimum atomic E-state index is -0.843. The monoisotopic (exact) mass is 418 g/mol. The van der Waals surface area contributed by atoms with Crippen molar-refractivity contribution >= 4 is 29.6 Å². The summed E-state index contributed by atoms with van der Waals surface area (Å²) in [7, 11) is 2.76. The molecule has 29 heavy (non-hydrogen) atoms. The summed E-state index contributed by atoms with van der Waals surface area (Å²) in [4.78, 5) is 39.5. The Balaban J connectivity index is 2.28. The zero-order chi connectivity index (χ0) is 21.3. The molecule has 0 bridgehead atoms. The van der Waals surface area contributed by atoms with Crippen LogP contribution in [0, 0.1) is 0 Å². The predicted molar refractivity (Wildman–Crippen MR) is 107 cm³/mol. The van der Waals surface area contributed by atoms with E-state index < -0.39 is 23.1 Å². The third-order valence-electron chi connectivity index (χ3n) is 4.73. The van der Waals surface area contributed by atoms with E-state index in [9.17, 15) is 14.4 Å². The average molecular weight is 418 g/mol. The van der Waals surface area contributed by atoms with Crippen LogP contribution < -0.4 is 10.5 Å². The molecule has 0 aliphatic carbocycles. The summed E-state index contributed by atoms with van der Waals surface area (Å²) in [6.07, 6.45) is 0. The van der Waals surface area contributed by atoms with Gasteiger partial charge in [0.1, 0.15) is 11.6 Å². The molecule has 1 aromatic rings. The van der Waals surface area contributed by atoms with E-state index in [1.807, 2.05) is 0 Å². The van der Waals surface area contributed by atoms with Crippen molar-refractivity contribution in [1.29, 1.82) is 0 Å². The molecule has 0 radical (unpaired) electrons. The maximum atomic E-state index is 13.0. The summed E-state index contributed by atoms with van der Waals surface area (Å²) in [5, 5.41) is -0.0755. The van der Waals surface area contributed by atoms with Crippen molar-refractivity contribution in [3.8, 4) is 5.75 Å². The number of esters is 2. The molecular formula is C20H22N2O6S.